The highest BCUT2D eigenvalue weighted by Gasteiger charge is 2.36. The van der Waals surface area contributed by atoms with Gasteiger partial charge in [-0.25, -0.2) is 0 Å². The molecule has 3 heteroatoms. The smallest absolute Gasteiger partial charge is 0.160 e. The van der Waals surface area contributed by atoms with E-state index in [1.165, 1.54) is 5.56 Å². The zero-order valence-electron chi connectivity index (χ0n) is 11.7. The summed E-state index contributed by atoms with van der Waals surface area (Å²) in [5, 5.41) is 0. The van der Waals surface area contributed by atoms with Gasteiger partial charge in [-0.3, -0.25) is 0 Å². The van der Waals surface area contributed by atoms with Gasteiger partial charge in [0.05, 0.1) is 18.3 Å². The quantitative estimate of drug-likeness (QED) is 0.762. The summed E-state index contributed by atoms with van der Waals surface area (Å²) in [4.78, 5) is 0. The maximum atomic E-state index is 5.99. The highest BCUT2D eigenvalue weighted by molar-refractivity contribution is 5.13. The molecule has 19 heavy (non-hydrogen) atoms. The van der Waals surface area contributed by atoms with E-state index in [0.717, 1.165) is 12.8 Å². The predicted molar refractivity (Wildman–Crippen MR) is 74.7 cm³/mol. The Morgan fingerprint density at radius 1 is 1.42 bits per heavy atom. The summed E-state index contributed by atoms with van der Waals surface area (Å²) in [6.45, 7) is 6.48. The van der Waals surface area contributed by atoms with Crippen molar-refractivity contribution in [3.63, 3.8) is 0 Å². The van der Waals surface area contributed by atoms with Crippen molar-refractivity contribution < 1.29 is 14.2 Å². The zero-order valence-corrected chi connectivity index (χ0v) is 11.7. The van der Waals surface area contributed by atoms with Crippen molar-refractivity contribution in [3.8, 4) is 0 Å². The topological polar surface area (TPSA) is 27.7 Å². The van der Waals surface area contributed by atoms with E-state index in [-0.39, 0.29) is 18.0 Å². The van der Waals surface area contributed by atoms with Gasteiger partial charge in [-0.2, -0.15) is 0 Å². The van der Waals surface area contributed by atoms with Gasteiger partial charge in [-0.1, -0.05) is 36.4 Å². The molecule has 1 aromatic carbocycles. The van der Waals surface area contributed by atoms with Gasteiger partial charge in [0, 0.05) is 20.0 Å². The summed E-state index contributed by atoms with van der Waals surface area (Å²) in [6, 6.07) is 10.2. The first-order chi connectivity index (χ1) is 9.15. The van der Waals surface area contributed by atoms with Crippen molar-refractivity contribution in [2.24, 2.45) is 0 Å². The average Bonchev–Trinajstić information content (AvgIpc) is 2.46. The second-order valence-corrected chi connectivity index (χ2v) is 5.16. The fourth-order valence-corrected chi connectivity index (χ4v) is 2.34. The lowest BCUT2D eigenvalue weighted by atomic mass is 9.93. The lowest BCUT2D eigenvalue weighted by Gasteiger charge is -2.40. The van der Waals surface area contributed by atoms with Gasteiger partial charge < -0.3 is 14.2 Å². The third-order valence-corrected chi connectivity index (χ3v) is 3.51. The zero-order chi connectivity index (χ0) is 13.7. The monoisotopic (exact) mass is 262 g/mol. The van der Waals surface area contributed by atoms with E-state index in [2.05, 4.69) is 18.7 Å². The van der Waals surface area contributed by atoms with Crippen molar-refractivity contribution in [2.45, 2.75) is 44.4 Å². The van der Waals surface area contributed by atoms with Crippen LogP contribution in [0.2, 0.25) is 0 Å². The van der Waals surface area contributed by atoms with Crippen LogP contribution in [0.1, 0.15) is 25.3 Å². The molecule has 3 atom stereocenters. The van der Waals surface area contributed by atoms with E-state index in [1.807, 2.05) is 31.2 Å². The Morgan fingerprint density at radius 2 is 2.16 bits per heavy atom. The maximum absolute atomic E-state index is 5.99. The molecule has 1 aliphatic heterocycles. The Hall–Kier alpha value is -1.16. The number of ether oxygens (including phenoxy) is 3. The van der Waals surface area contributed by atoms with Crippen molar-refractivity contribution in [2.75, 3.05) is 7.11 Å². The van der Waals surface area contributed by atoms with E-state index < -0.39 is 0 Å². The summed E-state index contributed by atoms with van der Waals surface area (Å²) in [5.41, 5.74) is 0.809. The van der Waals surface area contributed by atoms with Crippen LogP contribution in [0.25, 0.3) is 0 Å². The van der Waals surface area contributed by atoms with E-state index in [4.69, 9.17) is 14.2 Å². The molecule has 104 valence electrons. The van der Waals surface area contributed by atoms with Crippen LogP contribution in [0.3, 0.4) is 0 Å². The molecule has 1 fully saturated rings. The molecule has 1 aromatic rings. The molecular formula is C16H22O3. The van der Waals surface area contributed by atoms with Crippen LogP contribution in [0.4, 0.5) is 0 Å². The molecule has 1 saturated heterocycles. The van der Waals surface area contributed by atoms with Gasteiger partial charge in [0.25, 0.3) is 0 Å². The molecule has 0 saturated carbocycles. The Labute approximate surface area is 115 Å². The molecule has 0 aromatic heterocycles. The van der Waals surface area contributed by atoms with Gasteiger partial charge in [0.1, 0.15) is 0 Å². The molecule has 0 unspecified atom stereocenters. The van der Waals surface area contributed by atoms with Gasteiger partial charge in [0.2, 0.25) is 0 Å². The van der Waals surface area contributed by atoms with Crippen LogP contribution in [0.15, 0.2) is 43.0 Å². The Balaban J connectivity index is 1.94. The summed E-state index contributed by atoms with van der Waals surface area (Å²) in [7, 11) is 1.66. The lowest BCUT2D eigenvalue weighted by Crippen LogP contribution is -2.44. The van der Waals surface area contributed by atoms with E-state index in [9.17, 15) is 0 Å². The summed E-state index contributed by atoms with van der Waals surface area (Å²) in [5.74, 6) is 0. The molecule has 0 radical (unpaired) electrons. The normalized spacial score (nSPS) is 31.1. The predicted octanol–water partition coefficient (Wildman–Crippen LogP) is 3.30. The molecule has 1 heterocycles. The van der Waals surface area contributed by atoms with Crippen molar-refractivity contribution in [3.05, 3.63) is 48.6 Å². The third kappa shape index (κ3) is 3.90. The third-order valence-electron chi connectivity index (χ3n) is 3.51. The van der Waals surface area contributed by atoms with Crippen LogP contribution in [-0.4, -0.2) is 25.1 Å². The van der Waals surface area contributed by atoms with E-state index >= 15 is 0 Å². The lowest BCUT2D eigenvalue weighted by molar-refractivity contribution is -0.233. The molecule has 0 N–H and O–H groups in total. The first kappa shape index (κ1) is 14.3. The van der Waals surface area contributed by atoms with E-state index in [1.54, 1.807) is 7.11 Å². The number of hydrogen-bond donors (Lipinski definition) is 0. The molecule has 1 aliphatic rings. The molecule has 0 aliphatic carbocycles. The minimum Gasteiger partial charge on any atom is -0.373 e. The Kier molecular flexibility index (Phi) is 4.75. The number of hydrogen-bond acceptors (Lipinski definition) is 3. The van der Waals surface area contributed by atoms with Crippen LogP contribution in [0, 0.1) is 0 Å². The Morgan fingerprint density at radius 3 is 2.79 bits per heavy atom. The minimum absolute atomic E-state index is 0.127. The molecule has 2 rings (SSSR count). The van der Waals surface area contributed by atoms with Gasteiger partial charge in [-0.05, 0) is 12.5 Å². The first-order valence-corrected chi connectivity index (χ1v) is 6.65. The highest BCUT2D eigenvalue weighted by Crippen LogP contribution is 2.32. The van der Waals surface area contributed by atoms with Crippen molar-refractivity contribution in [1.29, 1.82) is 0 Å². The first-order valence-electron chi connectivity index (χ1n) is 6.65. The van der Waals surface area contributed by atoms with Crippen LogP contribution < -0.4 is 0 Å². The van der Waals surface area contributed by atoms with Crippen LogP contribution in [0.5, 0.6) is 0 Å². The minimum atomic E-state index is -0.375. The Bertz CT molecular complexity index is 404. The fourth-order valence-electron chi connectivity index (χ4n) is 2.34. The van der Waals surface area contributed by atoms with Gasteiger partial charge in [-0.15, -0.1) is 6.58 Å². The SMILES string of the molecule is C=C[C@@]1(C)C[C@H](OCc2ccccc2)C[C@@H](OC)O1. The molecule has 3 nitrogen and oxygen atoms in total. The summed E-state index contributed by atoms with van der Waals surface area (Å²) < 4.78 is 17.1. The van der Waals surface area contributed by atoms with Crippen molar-refractivity contribution >= 4 is 0 Å². The molecular weight excluding hydrogens is 240 g/mol. The molecule has 0 bridgehead atoms. The van der Waals surface area contributed by atoms with Gasteiger partial charge in [0.15, 0.2) is 6.29 Å². The van der Waals surface area contributed by atoms with Crippen LogP contribution in [-0.2, 0) is 20.8 Å². The van der Waals surface area contributed by atoms with Gasteiger partial charge >= 0.3 is 0 Å². The fraction of sp³-hybridized carbons (Fsp3) is 0.500. The molecule has 0 amide bonds. The summed E-state index contributed by atoms with van der Waals surface area (Å²) >= 11 is 0. The number of rotatable bonds is 5. The van der Waals surface area contributed by atoms with Crippen LogP contribution >= 0.6 is 0 Å². The highest BCUT2D eigenvalue weighted by atomic mass is 16.7. The second kappa shape index (κ2) is 6.33. The second-order valence-electron chi connectivity index (χ2n) is 5.16. The summed E-state index contributed by atoms with van der Waals surface area (Å²) in [6.07, 6.45) is 3.30. The van der Waals surface area contributed by atoms with E-state index in [0.29, 0.717) is 6.61 Å². The number of methoxy groups -OCH3 is 1. The largest absolute Gasteiger partial charge is 0.373 e. The average molecular weight is 262 g/mol. The standard InChI is InChI=1S/C16H22O3/c1-4-16(2)11-14(10-15(17-3)19-16)18-12-13-8-6-5-7-9-13/h4-9,14-15H,1,10-12H2,2-3H3/t14-,15+,16+/m1/s1. The van der Waals surface area contributed by atoms with Crippen molar-refractivity contribution in [1.82, 2.24) is 0 Å². The maximum Gasteiger partial charge on any atom is 0.160 e. The molecule has 0 spiro atoms. The number of benzene rings is 1.